The second-order valence-corrected chi connectivity index (χ2v) is 15.2. The van der Waals surface area contributed by atoms with E-state index in [1.807, 2.05) is 18.2 Å². The van der Waals surface area contributed by atoms with Crippen LogP contribution in [0.1, 0.15) is 53.0 Å². The van der Waals surface area contributed by atoms with Crippen molar-refractivity contribution < 1.29 is 14.3 Å². The number of hydrogen-bond acceptors (Lipinski definition) is 3. The highest BCUT2D eigenvalue weighted by atomic mass is 28.4. The van der Waals surface area contributed by atoms with Gasteiger partial charge in [0.05, 0.1) is 18.8 Å². The van der Waals surface area contributed by atoms with Gasteiger partial charge in [-0.2, -0.15) is 0 Å². The van der Waals surface area contributed by atoms with E-state index in [-0.39, 0.29) is 22.5 Å². The molecule has 0 aromatic heterocycles. The lowest BCUT2D eigenvalue weighted by atomic mass is 9.63. The van der Waals surface area contributed by atoms with Crippen molar-refractivity contribution in [3.05, 3.63) is 48.0 Å². The Hall–Kier alpha value is -0.943. The summed E-state index contributed by atoms with van der Waals surface area (Å²) >= 11 is 0. The normalized spacial score (nSPS) is 25.7. The lowest BCUT2D eigenvalue weighted by Crippen LogP contribution is -2.51. The van der Waals surface area contributed by atoms with E-state index in [1.165, 1.54) is 5.57 Å². The number of benzene rings is 1. The summed E-state index contributed by atoms with van der Waals surface area (Å²) in [4.78, 5) is 0. The van der Waals surface area contributed by atoms with E-state index in [4.69, 9.17) is 9.16 Å². The minimum absolute atomic E-state index is 0.208. The van der Waals surface area contributed by atoms with Gasteiger partial charge >= 0.3 is 0 Å². The van der Waals surface area contributed by atoms with Crippen molar-refractivity contribution in [2.75, 3.05) is 6.61 Å². The number of aliphatic hydroxyl groups excluding tert-OH is 1. The predicted octanol–water partition coefficient (Wildman–Crippen LogP) is 5.95. The van der Waals surface area contributed by atoms with Crippen LogP contribution in [0.3, 0.4) is 0 Å². The van der Waals surface area contributed by atoms with Gasteiger partial charge in [0.1, 0.15) is 0 Å². The van der Waals surface area contributed by atoms with Gasteiger partial charge in [-0.3, -0.25) is 0 Å². The Bertz CT molecular complexity index is 646. The first kappa shape index (κ1) is 23.3. The van der Waals surface area contributed by atoms with E-state index in [1.54, 1.807) is 0 Å². The summed E-state index contributed by atoms with van der Waals surface area (Å²) in [5.41, 5.74) is 2.02. The largest absolute Gasteiger partial charge is 0.417 e. The van der Waals surface area contributed by atoms with Crippen molar-refractivity contribution >= 4 is 8.32 Å². The highest BCUT2D eigenvalue weighted by Gasteiger charge is 2.47. The molecule has 0 amide bonds. The first-order chi connectivity index (χ1) is 12.9. The number of aliphatic hydroxyl groups is 1. The quantitative estimate of drug-likeness (QED) is 0.451. The third-order valence-electron chi connectivity index (χ3n) is 6.95. The smallest absolute Gasteiger partial charge is 0.191 e. The molecular formula is C24H40O3Si. The summed E-state index contributed by atoms with van der Waals surface area (Å²) in [5.74, 6) is 0.240. The van der Waals surface area contributed by atoms with Crippen LogP contribution in [0.2, 0.25) is 18.1 Å². The molecule has 4 heteroatoms. The van der Waals surface area contributed by atoms with Gasteiger partial charge in [-0.1, -0.05) is 77.1 Å². The molecule has 28 heavy (non-hydrogen) atoms. The fourth-order valence-corrected chi connectivity index (χ4v) is 4.94. The average molecular weight is 405 g/mol. The Kier molecular flexibility index (Phi) is 7.35. The summed E-state index contributed by atoms with van der Waals surface area (Å²) in [6.07, 6.45) is 0.892. The molecule has 0 aliphatic heterocycles. The van der Waals surface area contributed by atoms with Gasteiger partial charge in [0, 0.05) is 6.61 Å². The molecule has 0 bridgehead atoms. The van der Waals surface area contributed by atoms with Crippen LogP contribution in [0, 0.1) is 11.3 Å². The summed E-state index contributed by atoms with van der Waals surface area (Å²) in [7, 11) is -1.76. The molecule has 3 atom stereocenters. The molecule has 0 radical (unpaired) electrons. The van der Waals surface area contributed by atoms with E-state index >= 15 is 0 Å². The van der Waals surface area contributed by atoms with Crippen molar-refractivity contribution in [2.24, 2.45) is 11.3 Å². The Balaban J connectivity index is 1.97. The van der Waals surface area contributed by atoms with Gasteiger partial charge in [0.2, 0.25) is 0 Å². The molecule has 158 valence electrons. The van der Waals surface area contributed by atoms with Crippen molar-refractivity contribution in [3.63, 3.8) is 0 Å². The minimum atomic E-state index is -1.76. The molecule has 0 spiro atoms. The predicted molar refractivity (Wildman–Crippen MR) is 120 cm³/mol. The maximum Gasteiger partial charge on any atom is 0.191 e. The van der Waals surface area contributed by atoms with Gasteiger partial charge < -0.3 is 14.3 Å². The molecule has 0 heterocycles. The second-order valence-electron chi connectivity index (χ2n) is 10.4. The number of rotatable bonds is 7. The molecule has 1 saturated carbocycles. The Labute approximate surface area is 173 Å². The molecule has 1 aromatic rings. The lowest BCUT2D eigenvalue weighted by Gasteiger charge is -2.48. The van der Waals surface area contributed by atoms with Crippen LogP contribution in [0.15, 0.2) is 42.5 Å². The van der Waals surface area contributed by atoms with Crippen LogP contribution in [-0.2, 0) is 15.8 Å². The monoisotopic (exact) mass is 404 g/mol. The molecule has 2 rings (SSSR count). The maximum atomic E-state index is 11.1. The first-order valence-corrected chi connectivity index (χ1v) is 13.4. The fraction of sp³-hybridized carbons (Fsp3) is 0.667. The average Bonchev–Trinajstić information content (AvgIpc) is 2.60. The first-order valence-electron chi connectivity index (χ1n) is 10.5. The highest BCUT2D eigenvalue weighted by molar-refractivity contribution is 6.74. The van der Waals surface area contributed by atoms with Crippen molar-refractivity contribution in [3.8, 4) is 0 Å². The molecule has 1 aliphatic rings. The SMILES string of the molecule is C=C1C[C@H](OCc2ccccc2)[C@H](O)C(C)(C)[C@H]1CCO[Si](C)(C)C(C)(C)C. The van der Waals surface area contributed by atoms with Gasteiger partial charge in [0.15, 0.2) is 8.32 Å². The Morgan fingerprint density at radius 1 is 1.18 bits per heavy atom. The fourth-order valence-electron chi connectivity index (χ4n) is 3.88. The standard InChI is InChI=1S/C24H40O3Si/c1-18-16-21(26-17-19-12-10-9-11-13-19)22(25)24(5,6)20(18)14-15-27-28(7,8)23(2,3)4/h9-13,20-22,25H,1,14-17H2,2-8H3/t20-,21-,22-/m0/s1. The van der Waals surface area contributed by atoms with Crippen LogP contribution in [0.25, 0.3) is 0 Å². The van der Waals surface area contributed by atoms with Gasteiger partial charge in [-0.25, -0.2) is 0 Å². The van der Waals surface area contributed by atoms with E-state index in [0.29, 0.717) is 13.0 Å². The summed E-state index contributed by atoms with van der Waals surface area (Å²) in [5, 5.41) is 11.3. The topological polar surface area (TPSA) is 38.7 Å². The molecular weight excluding hydrogens is 364 g/mol. The van der Waals surface area contributed by atoms with Crippen LogP contribution in [-0.4, -0.2) is 32.2 Å². The van der Waals surface area contributed by atoms with Gasteiger partial charge in [-0.15, -0.1) is 0 Å². The summed E-state index contributed by atoms with van der Waals surface area (Å²) in [6.45, 7) is 21.3. The zero-order valence-corrected chi connectivity index (χ0v) is 19.9. The van der Waals surface area contributed by atoms with Crippen LogP contribution in [0.5, 0.6) is 0 Å². The molecule has 1 aliphatic carbocycles. The van der Waals surface area contributed by atoms with E-state index in [2.05, 4.69) is 66.4 Å². The molecule has 3 nitrogen and oxygen atoms in total. The Morgan fingerprint density at radius 3 is 2.36 bits per heavy atom. The van der Waals surface area contributed by atoms with Gasteiger partial charge in [-0.05, 0) is 47.9 Å². The van der Waals surface area contributed by atoms with Crippen LogP contribution in [0.4, 0.5) is 0 Å². The van der Waals surface area contributed by atoms with Crippen molar-refractivity contribution in [2.45, 2.75) is 84.4 Å². The van der Waals surface area contributed by atoms with E-state index < -0.39 is 14.4 Å². The zero-order chi connectivity index (χ0) is 21.2. The Morgan fingerprint density at radius 2 is 1.79 bits per heavy atom. The van der Waals surface area contributed by atoms with Crippen LogP contribution < -0.4 is 0 Å². The molecule has 0 saturated heterocycles. The minimum Gasteiger partial charge on any atom is -0.417 e. The summed E-state index contributed by atoms with van der Waals surface area (Å²) < 4.78 is 12.5. The highest BCUT2D eigenvalue weighted by Crippen LogP contribution is 2.46. The lowest BCUT2D eigenvalue weighted by molar-refractivity contribution is -0.124. The molecule has 1 N–H and O–H groups in total. The molecule has 1 aromatic carbocycles. The second kappa shape index (κ2) is 8.82. The third kappa shape index (κ3) is 5.35. The molecule has 1 fully saturated rings. The van der Waals surface area contributed by atoms with E-state index in [0.717, 1.165) is 18.6 Å². The maximum absolute atomic E-state index is 11.1. The number of hydrogen-bond donors (Lipinski definition) is 1. The third-order valence-corrected chi connectivity index (χ3v) is 11.5. The summed E-state index contributed by atoms with van der Waals surface area (Å²) in [6, 6.07) is 10.1. The van der Waals surface area contributed by atoms with Crippen molar-refractivity contribution in [1.29, 1.82) is 0 Å². The van der Waals surface area contributed by atoms with Crippen molar-refractivity contribution in [1.82, 2.24) is 0 Å². The molecule has 0 unspecified atom stereocenters. The zero-order valence-electron chi connectivity index (χ0n) is 18.9. The number of ether oxygens (including phenoxy) is 1. The van der Waals surface area contributed by atoms with Crippen LogP contribution >= 0.6 is 0 Å². The van der Waals surface area contributed by atoms with Gasteiger partial charge in [0.25, 0.3) is 0 Å². The van der Waals surface area contributed by atoms with E-state index in [9.17, 15) is 5.11 Å².